The first-order valence-corrected chi connectivity index (χ1v) is 11.7. The second-order valence-electron chi connectivity index (χ2n) is 7.19. The van der Waals surface area contributed by atoms with Crippen molar-refractivity contribution in [3.63, 3.8) is 0 Å². The van der Waals surface area contributed by atoms with Gasteiger partial charge in [0.15, 0.2) is 0 Å². The van der Waals surface area contributed by atoms with Crippen LogP contribution in [0.4, 0.5) is 0 Å². The molecule has 1 fully saturated rings. The third kappa shape index (κ3) is 4.56. The van der Waals surface area contributed by atoms with Crippen molar-refractivity contribution in [2.75, 3.05) is 19.7 Å². The highest BCUT2D eigenvalue weighted by atomic mass is 35.5. The van der Waals surface area contributed by atoms with Crippen LogP contribution in [0.25, 0.3) is 11.5 Å². The van der Waals surface area contributed by atoms with E-state index in [-0.39, 0.29) is 22.4 Å². The molecule has 164 valence electrons. The van der Waals surface area contributed by atoms with Gasteiger partial charge in [-0.3, -0.25) is 0 Å². The van der Waals surface area contributed by atoms with E-state index in [4.69, 9.17) is 20.8 Å². The predicted octanol–water partition coefficient (Wildman–Crippen LogP) is 3.46. The van der Waals surface area contributed by atoms with E-state index < -0.39 is 10.0 Å². The minimum absolute atomic E-state index is 0.129. The molecular weight excluding hydrogens is 442 g/mol. The van der Waals surface area contributed by atoms with Crippen LogP contribution >= 0.6 is 11.6 Å². The van der Waals surface area contributed by atoms with Crippen molar-refractivity contribution in [3.8, 4) is 17.2 Å². The number of halogens is 1. The topological polar surface area (TPSA) is 111 Å². The molecule has 2 aromatic heterocycles. The Morgan fingerprint density at radius 3 is 2.74 bits per heavy atom. The lowest BCUT2D eigenvalue weighted by molar-refractivity contribution is 0.286. The number of hydrogen-bond acceptors (Lipinski definition) is 8. The number of hydrogen-bond donors (Lipinski definition) is 0. The molecule has 1 saturated heterocycles. The van der Waals surface area contributed by atoms with Crippen LogP contribution in [0, 0.1) is 6.92 Å². The summed E-state index contributed by atoms with van der Waals surface area (Å²) in [4.78, 5) is 8.40. The first-order chi connectivity index (χ1) is 14.9. The van der Waals surface area contributed by atoms with Crippen molar-refractivity contribution in [3.05, 3.63) is 47.3 Å². The summed E-state index contributed by atoms with van der Waals surface area (Å²) in [7, 11) is -3.72. The van der Waals surface area contributed by atoms with Gasteiger partial charge in [-0.15, -0.1) is 10.2 Å². The van der Waals surface area contributed by atoms with Gasteiger partial charge in [0.1, 0.15) is 11.6 Å². The fraction of sp³-hybridized carbons (Fsp3) is 0.400. The molecule has 3 heterocycles. The highest BCUT2D eigenvalue weighted by Crippen LogP contribution is 2.33. The zero-order chi connectivity index (χ0) is 22.0. The number of piperidine rings is 1. The van der Waals surface area contributed by atoms with Gasteiger partial charge < -0.3 is 9.15 Å². The third-order valence-corrected chi connectivity index (χ3v) is 7.20. The van der Waals surface area contributed by atoms with E-state index in [1.807, 2.05) is 6.92 Å². The lowest BCUT2D eigenvalue weighted by Gasteiger charge is -2.30. The molecule has 1 aromatic carbocycles. The van der Waals surface area contributed by atoms with Gasteiger partial charge in [-0.1, -0.05) is 11.6 Å². The van der Waals surface area contributed by atoms with E-state index >= 15 is 0 Å². The fourth-order valence-corrected chi connectivity index (χ4v) is 5.30. The Bertz CT molecular complexity index is 1170. The summed E-state index contributed by atoms with van der Waals surface area (Å²) in [5.74, 6) is 1.62. The summed E-state index contributed by atoms with van der Waals surface area (Å²) in [6, 6.07) is 4.51. The zero-order valence-electron chi connectivity index (χ0n) is 17.2. The van der Waals surface area contributed by atoms with Crippen LogP contribution in [0.1, 0.15) is 37.4 Å². The molecule has 0 saturated carbocycles. The quantitative estimate of drug-likeness (QED) is 0.546. The van der Waals surface area contributed by atoms with Crippen LogP contribution in [-0.4, -0.2) is 52.6 Å². The molecule has 0 radical (unpaired) electrons. The maximum absolute atomic E-state index is 13.2. The summed E-state index contributed by atoms with van der Waals surface area (Å²) >= 11 is 6.20. The lowest BCUT2D eigenvalue weighted by Crippen LogP contribution is -2.39. The molecule has 9 nitrogen and oxygen atoms in total. The molecule has 0 spiro atoms. The summed E-state index contributed by atoms with van der Waals surface area (Å²) < 4.78 is 39.0. The third-order valence-electron chi connectivity index (χ3n) is 5.04. The maximum Gasteiger partial charge on any atom is 0.250 e. The molecule has 4 rings (SSSR count). The van der Waals surface area contributed by atoms with Crippen LogP contribution < -0.4 is 4.74 Å². The number of rotatable bonds is 6. The van der Waals surface area contributed by atoms with Gasteiger partial charge >= 0.3 is 0 Å². The van der Waals surface area contributed by atoms with E-state index in [1.54, 1.807) is 25.4 Å². The molecule has 1 atom stereocenters. The molecular formula is C20H22ClN5O4S. The predicted molar refractivity (Wildman–Crippen MR) is 113 cm³/mol. The second kappa shape index (κ2) is 8.89. The number of ether oxygens (including phenoxy) is 1. The molecule has 0 N–H and O–H groups in total. The summed E-state index contributed by atoms with van der Waals surface area (Å²) in [6.07, 6.45) is 4.67. The van der Waals surface area contributed by atoms with Crippen LogP contribution in [0.15, 0.2) is 39.9 Å². The van der Waals surface area contributed by atoms with Gasteiger partial charge in [0, 0.05) is 25.5 Å². The van der Waals surface area contributed by atoms with E-state index in [1.165, 1.54) is 16.4 Å². The standard InChI is InChI=1S/C20H22ClN5O4S/c1-3-29-18-7-6-16(9-17(18)21)31(27,28)26-8-4-5-14(12-26)19-24-25-20(30-19)15-10-22-13(2)23-11-15/h6-7,9-11,14H,3-5,8,12H2,1-2H3/t14-/m0/s1. The van der Waals surface area contributed by atoms with Gasteiger partial charge in [0.25, 0.3) is 5.89 Å². The van der Waals surface area contributed by atoms with Crippen molar-refractivity contribution in [2.45, 2.75) is 37.5 Å². The second-order valence-corrected chi connectivity index (χ2v) is 9.54. The van der Waals surface area contributed by atoms with Gasteiger partial charge in [-0.2, -0.15) is 4.31 Å². The van der Waals surface area contributed by atoms with Gasteiger partial charge in [-0.05, 0) is 44.9 Å². The maximum atomic E-state index is 13.2. The van der Waals surface area contributed by atoms with Crippen LogP contribution in [-0.2, 0) is 10.0 Å². The Balaban J connectivity index is 1.53. The molecule has 1 aliphatic heterocycles. The van der Waals surface area contributed by atoms with E-state index in [0.29, 0.717) is 48.5 Å². The van der Waals surface area contributed by atoms with Crippen LogP contribution in [0.5, 0.6) is 5.75 Å². The SMILES string of the molecule is CCOc1ccc(S(=O)(=O)N2CCC[C@H](c3nnc(-c4cnc(C)nc4)o3)C2)cc1Cl. The average molecular weight is 464 g/mol. The van der Waals surface area contributed by atoms with Gasteiger partial charge in [0.05, 0.1) is 28.0 Å². The number of sulfonamides is 1. The summed E-state index contributed by atoms with van der Waals surface area (Å²) in [5, 5.41) is 8.48. The smallest absolute Gasteiger partial charge is 0.250 e. The number of nitrogens with zero attached hydrogens (tertiary/aromatic N) is 5. The Hall–Kier alpha value is -2.56. The molecule has 0 unspecified atom stereocenters. The van der Waals surface area contributed by atoms with E-state index in [9.17, 15) is 8.42 Å². The minimum Gasteiger partial charge on any atom is -0.492 e. The largest absolute Gasteiger partial charge is 0.492 e. The molecule has 0 amide bonds. The Kier molecular flexibility index (Phi) is 6.22. The Labute approximate surface area is 185 Å². The molecule has 1 aliphatic rings. The molecule has 3 aromatic rings. The first-order valence-electron chi connectivity index (χ1n) is 9.93. The average Bonchev–Trinajstić information content (AvgIpc) is 3.26. The van der Waals surface area contributed by atoms with E-state index in [2.05, 4.69) is 20.2 Å². The monoisotopic (exact) mass is 463 g/mol. The van der Waals surface area contributed by atoms with Crippen molar-refractivity contribution in [1.82, 2.24) is 24.5 Å². The highest BCUT2D eigenvalue weighted by molar-refractivity contribution is 7.89. The Morgan fingerprint density at radius 1 is 1.26 bits per heavy atom. The molecule has 31 heavy (non-hydrogen) atoms. The minimum atomic E-state index is -3.72. The highest BCUT2D eigenvalue weighted by Gasteiger charge is 2.33. The molecule has 0 aliphatic carbocycles. The van der Waals surface area contributed by atoms with Crippen molar-refractivity contribution >= 4 is 21.6 Å². The zero-order valence-corrected chi connectivity index (χ0v) is 18.7. The molecule has 11 heteroatoms. The van der Waals surface area contributed by atoms with E-state index in [0.717, 1.165) is 6.42 Å². The lowest BCUT2D eigenvalue weighted by atomic mass is 10.00. The number of aryl methyl sites for hydroxylation is 1. The fourth-order valence-electron chi connectivity index (χ4n) is 3.45. The van der Waals surface area contributed by atoms with Gasteiger partial charge in [-0.25, -0.2) is 18.4 Å². The number of benzene rings is 1. The molecule has 0 bridgehead atoms. The Morgan fingerprint density at radius 2 is 2.03 bits per heavy atom. The first kappa shape index (κ1) is 21.7. The van der Waals surface area contributed by atoms with Gasteiger partial charge in [0.2, 0.25) is 15.9 Å². The van der Waals surface area contributed by atoms with Crippen molar-refractivity contribution in [2.24, 2.45) is 0 Å². The normalized spacial score (nSPS) is 17.6. The summed E-state index contributed by atoms with van der Waals surface area (Å²) in [5.41, 5.74) is 0.619. The summed E-state index contributed by atoms with van der Waals surface area (Å²) in [6.45, 7) is 4.73. The van der Waals surface area contributed by atoms with Crippen molar-refractivity contribution < 1.29 is 17.6 Å². The number of aromatic nitrogens is 4. The van der Waals surface area contributed by atoms with Crippen LogP contribution in [0.2, 0.25) is 5.02 Å². The van der Waals surface area contributed by atoms with Crippen molar-refractivity contribution in [1.29, 1.82) is 0 Å². The van der Waals surface area contributed by atoms with Crippen LogP contribution in [0.3, 0.4) is 0 Å².